The molecule has 170 valence electrons. The molecule has 3 aromatic heterocycles. The van der Waals surface area contributed by atoms with Crippen molar-refractivity contribution in [1.29, 1.82) is 0 Å². The van der Waals surface area contributed by atoms with Crippen LogP contribution >= 0.6 is 0 Å². The van der Waals surface area contributed by atoms with E-state index in [1.54, 1.807) is 12.4 Å². The van der Waals surface area contributed by atoms with E-state index in [1.807, 2.05) is 18.2 Å². The monoisotopic (exact) mass is 449 g/mol. The lowest BCUT2D eigenvalue weighted by atomic mass is 10.2. The quantitative estimate of drug-likeness (QED) is 0.434. The van der Waals surface area contributed by atoms with Gasteiger partial charge in [0, 0.05) is 68.5 Å². The summed E-state index contributed by atoms with van der Waals surface area (Å²) in [4.78, 5) is 25.2. The van der Waals surface area contributed by atoms with Crippen molar-refractivity contribution in [3.63, 3.8) is 0 Å². The topological polar surface area (TPSA) is 94.7 Å². The molecule has 0 aliphatic carbocycles. The maximum Gasteiger partial charge on any atom is 0.338 e. The van der Waals surface area contributed by atoms with Gasteiger partial charge in [-0.1, -0.05) is 0 Å². The van der Waals surface area contributed by atoms with Crippen LogP contribution in [0.15, 0.2) is 64.1 Å². The van der Waals surface area contributed by atoms with E-state index in [-0.39, 0.29) is 6.54 Å². The standard InChI is InChI=1S/C24H24FN5O3/c25-16-3-4-22-19(12-16)21(13-23(32)33-22)28-14-17(31)15-29-8-10-30(11-9-29)24-18-2-1-6-26-20(18)5-7-27-24/h1-7,12-13,17,28,31H,8-11,14-15H2. The third-order valence-corrected chi connectivity index (χ3v) is 5.88. The number of pyridine rings is 2. The Hall–Kier alpha value is -3.56. The maximum absolute atomic E-state index is 13.7. The Labute approximate surface area is 189 Å². The molecule has 0 amide bonds. The second kappa shape index (κ2) is 9.13. The van der Waals surface area contributed by atoms with Crippen LogP contribution in [0.3, 0.4) is 0 Å². The summed E-state index contributed by atoms with van der Waals surface area (Å²) in [6, 6.07) is 11.1. The molecule has 0 saturated carbocycles. The summed E-state index contributed by atoms with van der Waals surface area (Å²) < 4.78 is 18.8. The van der Waals surface area contributed by atoms with Crippen LogP contribution in [0.5, 0.6) is 0 Å². The molecule has 4 heterocycles. The van der Waals surface area contributed by atoms with E-state index >= 15 is 0 Å². The largest absolute Gasteiger partial charge is 0.423 e. The Morgan fingerprint density at radius 3 is 2.76 bits per heavy atom. The lowest BCUT2D eigenvalue weighted by Gasteiger charge is -2.36. The molecule has 0 spiro atoms. The molecule has 5 rings (SSSR count). The van der Waals surface area contributed by atoms with Gasteiger partial charge in [0.1, 0.15) is 17.2 Å². The highest BCUT2D eigenvalue weighted by molar-refractivity contribution is 5.90. The molecule has 33 heavy (non-hydrogen) atoms. The average molecular weight is 449 g/mol. The Bertz CT molecular complexity index is 1330. The Kier molecular flexibility index (Phi) is 5.89. The second-order valence-electron chi connectivity index (χ2n) is 8.15. The van der Waals surface area contributed by atoms with E-state index in [0.717, 1.165) is 42.9 Å². The minimum absolute atomic E-state index is 0.228. The molecule has 1 atom stereocenters. The molecule has 1 aromatic carbocycles. The van der Waals surface area contributed by atoms with Gasteiger partial charge in [0.15, 0.2) is 0 Å². The zero-order valence-corrected chi connectivity index (χ0v) is 17.9. The summed E-state index contributed by atoms with van der Waals surface area (Å²) in [5.74, 6) is 0.513. The highest BCUT2D eigenvalue weighted by atomic mass is 19.1. The number of hydrogen-bond acceptors (Lipinski definition) is 8. The molecular weight excluding hydrogens is 425 g/mol. The lowest BCUT2D eigenvalue weighted by molar-refractivity contribution is 0.118. The third kappa shape index (κ3) is 4.64. The first-order valence-corrected chi connectivity index (χ1v) is 10.9. The predicted molar refractivity (Wildman–Crippen MR) is 125 cm³/mol. The van der Waals surface area contributed by atoms with Gasteiger partial charge in [0.05, 0.1) is 17.3 Å². The van der Waals surface area contributed by atoms with Gasteiger partial charge < -0.3 is 19.7 Å². The Balaban J connectivity index is 1.18. The summed E-state index contributed by atoms with van der Waals surface area (Å²) in [5.41, 5.74) is 1.14. The number of rotatable bonds is 6. The summed E-state index contributed by atoms with van der Waals surface area (Å²) in [6.07, 6.45) is 2.90. The van der Waals surface area contributed by atoms with Crippen molar-refractivity contribution in [2.75, 3.05) is 49.5 Å². The van der Waals surface area contributed by atoms with Crippen LogP contribution in [-0.2, 0) is 0 Å². The van der Waals surface area contributed by atoms with Crippen molar-refractivity contribution < 1.29 is 13.9 Å². The van der Waals surface area contributed by atoms with Crippen LogP contribution in [0.25, 0.3) is 21.9 Å². The molecule has 0 bridgehead atoms. The first-order chi connectivity index (χ1) is 16.1. The number of nitrogens with zero attached hydrogens (tertiary/aromatic N) is 4. The van der Waals surface area contributed by atoms with Gasteiger partial charge in [-0.2, -0.15) is 0 Å². The van der Waals surface area contributed by atoms with Gasteiger partial charge >= 0.3 is 5.63 Å². The fourth-order valence-corrected chi connectivity index (χ4v) is 4.25. The van der Waals surface area contributed by atoms with Crippen molar-refractivity contribution >= 4 is 33.4 Å². The van der Waals surface area contributed by atoms with Gasteiger partial charge in [-0.15, -0.1) is 0 Å². The average Bonchev–Trinajstić information content (AvgIpc) is 2.83. The van der Waals surface area contributed by atoms with Crippen LogP contribution in [0.1, 0.15) is 0 Å². The molecule has 8 nitrogen and oxygen atoms in total. The van der Waals surface area contributed by atoms with Crippen molar-refractivity contribution in [2.45, 2.75) is 6.10 Å². The zero-order chi connectivity index (χ0) is 22.8. The van der Waals surface area contributed by atoms with E-state index in [0.29, 0.717) is 23.2 Å². The molecule has 9 heteroatoms. The number of β-amino-alcohol motifs (C(OH)–C–C–N with tert-alkyl or cyclic N) is 1. The van der Waals surface area contributed by atoms with Gasteiger partial charge in [0.25, 0.3) is 0 Å². The first kappa shape index (κ1) is 21.3. The number of halogens is 1. The number of anilines is 2. The Morgan fingerprint density at radius 1 is 1.06 bits per heavy atom. The number of aromatic nitrogens is 2. The number of piperazine rings is 1. The summed E-state index contributed by atoms with van der Waals surface area (Å²) >= 11 is 0. The number of fused-ring (bicyclic) bond motifs is 2. The minimum atomic E-state index is -0.660. The number of aliphatic hydroxyl groups is 1. The molecule has 0 radical (unpaired) electrons. The lowest BCUT2D eigenvalue weighted by Crippen LogP contribution is -2.49. The SMILES string of the molecule is O=c1cc(NCC(O)CN2CCN(c3nccc4ncccc34)CC2)c2cc(F)ccc2o1. The van der Waals surface area contributed by atoms with Gasteiger partial charge in [-0.3, -0.25) is 9.88 Å². The molecule has 4 aromatic rings. The van der Waals surface area contributed by atoms with Crippen LogP contribution in [0.2, 0.25) is 0 Å². The number of hydrogen-bond donors (Lipinski definition) is 2. The molecule has 1 fully saturated rings. The van der Waals surface area contributed by atoms with Crippen LogP contribution in [0.4, 0.5) is 15.9 Å². The maximum atomic E-state index is 13.7. The number of aliphatic hydroxyl groups excluding tert-OH is 1. The van der Waals surface area contributed by atoms with E-state index < -0.39 is 17.5 Å². The van der Waals surface area contributed by atoms with E-state index in [9.17, 15) is 14.3 Å². The molecular formula is C24H24FN5O3. The van der Waals surface area contributed by atoms with Crippen molar-refractivity contribution in [2.24, 2.45) is 0 Å². The summed E-state index contributed by atoms with van der Waals surface area (Å²) in [5, 5.41) is 15.1. The number of benzene rings is 1. The van der Waals surface area contributed by atoms with E-state index in [2.05, 4.69) is 25.1 Å². The molecule has 1 unspecified atom stereocenters. The molecule has 1 aliphatic rings. The molecule has 1 saturated heterocycles. The van der Waals surface area contributed by atoms with Crippen molar-refractivity contribution in [1.82, 2.24) is 14.9 Å². The van der Waals surface area contributed by atoms with Crippen molar-refractivity contribution in [3.8, 4) is 0 Å². The summed E-state index contributed by atoms with van der Waals surface area (Å²) in [6.45, 7) is 3.89. The highest BCUT2D eigenvalue weighted by Gasteiger charge is 2.21. The fourth-order valence-electron chi connectivity index (χ4n) is 4.25. The smallest absolute Gasteiger partial charge is 0.338 e. The van der Waals surface area contributed by atoms with Crippen LogP contribution in [-0.4, -0.2) is 65.3 Å². The van der Waals surface area contributed by atoms with Crippen molar-refractivity contribution in [3.05, 3.63) is 71.1 Å². The minimum Gasteiger partial charge on any atom is -0.423 e. The third-order valence-electron chi connectivity index (χ3n) is 5.88. The molecule has 2 N–H and O–H groups in total. The predicted octanol–water partition coefficient (Wildman–Crippen LogP) is 2.47. The number of nitrogens with one attached hydrogen (secondary N) is 1. The zero-order valence-electron chi connectivity index (χ0n) is 17.9. The van der Waals surface area contributed by atoms with Gasteiger partial charge in [-0.05, 0) is 36.4 Å². The van der Waals surface area contributed by atoms with Gasteiger partial charge in [-0.25, -0.2) is 14.2 Å². The summed E-state index contributed by atoms with van der Waals surface area (Å²) in [7, 11) is 0. The molecule has 1 aliphatic heterocycles. The van der Waals surface area contributed by atoms with Crippen LogP contribution < -0.4 is 15.8 Å². The highest BCUT2D eigenvalue weighted by Crippen LogP contribution is 2.24. The second-order valence-corrected chi connectivity index (χ2v) is 8.15. The van der Waals surface area contributed by atoms with Crippen LogP contribution in [0, 0.1) is 5.82 Å². The van der Waals surface area contributed by atoms with E-state index in [1.165, 1.54) is 24.3 Å². The van der Waals surface area contributed by atoms with E-state index in [4.69, 9.17) is 4.42 Å². The van der Waals surface area contributed by atoms with Gasteiger partial charge in [0.2, 0.25) is 0 Å². The normalized spacial score (nSPS) is 15.8. The fraction of sp³-hybridized carbons (Fsp3) is 0.292. The first-order valence-electron chi connectivity index (χ1n) is 10.9. The Morgan fingerprint density at radius 2 is 1.91 bits per heavy atom.